The third-order valence-electron chi connectivity index (χ3n) is 2.28. The first-order chi connectivity index (χ1) is 8.36. The Morgan fingerprint density at radius 1 is 1.50 bits per heavy atom. The van der Waals surface area contributed by atoms with Gasteiger partial charge in [0.25, 0.3) is 5.91 Å². The first-order valence-corrected chi connectivity index (χ1v) is 5.41. The molecule has 1 amide bonds. The van der Waals surface area contributed by atoms with E-state index in [1.807, 2.05) is 0 Å². The summed E-state index contributed by atoms with van der Waals surface area (Å²) in [6.45, 7) is 1.35. The quantitative estimate of drug-likeness (QED) is 0.713. The SMILES string of the molecule is COc1cc(N)c(Cl)cc1C(=O)N[C@@H](C)C(=O)O. The molecule has 6 nitrogen and oxygen atoms in total. The molecule has 0 heterocycles. The molecule has 1 rings (SSSR count). The summed E-state index contributed by atoms with van der Waals surface area (Å²) in [5, 5.41) is 11.2. The normalized spacial score (nSPS) is 11.7. The van der Waals surface area contributed by atoms with Gasteiger partial charge in [-0.25, -0.2) is 0 Å². The number of methoxy groups -OCH3 is 1. The minimum Gasteiger partial charge on any atom is -0.496 e. The van der Waals surface area contributed by atoms with Gasteiger partial charge in [-0.2, -0.15) is 0 Å². The first kappa shape index (κ1) is 14.1. The van der Waals surface area contributed by atoms with Crippen LogP contribution < -0.4 is 15.8 Å². The molecule has 0 fully saturated rings. The van der Waals surface area contributed by atoms with Gasteiger partial charge in [0.2, 0.25) is 0 Å². The van der Waals surface area contributed by atoms with Gasteiger partial charge in [0, 0.05) is 6.07 Å². The Morgan fingerprint density at radius 3 is 2.61 bits per heavy atom. The predicted octanol–water partition coefficient (Wildman–Crippen LogP) is 1.13. The van der Waals surface area contributed by atoms with E-state index in [1.54, 1.807) is 0 Å². The van der Waals surface area contributed by atoms with Crippen molar-refractivity contribution >= 4 is 29.2 Å². The molecule has 98 valence electrons. The van der Waals surface area contributed by atoms with Crippen LogP contribution in [-0.2, 0) is 4.79 Å². The molecule has 0 aromatic heterocycles. The molecule has 0 saturated heterocycles. The maximum Gasteiger partial charge on any atom is 0.325 e. The van der Waals surface area contributed by atoms with Crippen molar-refractivity contribution in [2.75, 3.05) is 12.8 Å². The summed E-state index contributed by atoms with van der Waals surface area (Å²) in [4.78, 5) is 22.5. The van der Waals surface area contributed by atoms with E-state index in [1.165, 1.54) is 26.2 Å². The van der Waals surface area contributed by atoms with Crippen LogP contribution in [0.3, 0.4) is 0 Å². The summed E-state index contributed by atoms with van der Waals surface area (Å²) in [6.07, 6.45) is 0. The average molecular weight is 273 g/mol. The number of nitrogens with two attached hydrogens (primary N) is 1. The number of carbonyl (C=O) groups excluding carboxylic acids is 1. The molecule has 0 saturated carbocycles. The van der Waals surface area contributed by atoms with Crippen LogP contribution in [0.1, 0.15) is 17.3 Å². The topological polar surface area (TPSA) is 102 Å². The number of carboxylic acids is 1. The smallest absolute Gasteiger partial charge is 0.325 e. The number of carboxylic acid groups (broad SMARTS) is 1. The van der Waals surface area contributed by atoms with Gasteiger partial charge < -0.3 is 20.9 Å². The summed E-state index contributed by atoms with van der Waals surface area (Å²) >= 11 is 5.81. The molecule has 0 aliphatic carbocycles. The molecule has 0 unspecified atom stereocenters. The highest BCUT2D eigenvalue weighted by Crippen LogP contribution is 2.28. The van der Waals surface area contributed by atoms with Gasteiger partial charge in [-0.05, 0) is 13.0 Å². The number of hydrogen-bond acceptors (Lipinski definition) is 4. The van der Waals surface area contributed by atoms with Gasteiger partial charge >= 0.3 is 5.97 Å². The highest BCUT2D eigenvalue weighted by Gasteiger charge is 2.19. The van der Waals surface area contributed by atoms with E-state index >= 15 is 0 Å². The Kier molecular flexibility index (Phi) is 4.38. The maximum atomic E-state index is 11.8. The highest BCUT2D eigenvalue weighted by molar-refractivity contribution is 6.33. The third-order valence-corrected chi connectivity index (χ3v) is 2.61. The lowest BCUT2D eigenvalue weighted by molar-refractivity contribution is -0.138. The number of amides is 1. The minimum atomic E-state index is -1.14. The summed E-state index contributed by atoms with van der Waals surface area (Å²) in [5.41, 5.74) is 5.98. The highest BCUT2D eigenvalue weighted by atomic mass is 35.5. The average Bonchev–Trinajstić information content (AvgIpc) is 2.31. The molecule has 7 heteroatoms. The van der Waals surface area contributed by atoms with Crippen LogP contribution in [0.25, 0.3) is 0 Å². The van der Waals surface area contributed by atoms with Gasteiger partial charge in [-0.1, -0.05) is 11.6 Å². The van der Waals surface area contributed by atoms with Crippen molar-refractivity contribution in [1.82, 2.24) is 5.32 Å². The van der Waals surface area contributed by atoms with Gasteiger partial charge in [-0.15, -0.1) is 0 Å². The van der Waals surface area contributed by atoms with E-state index in [-0.39, 0.29) is 22.0 Å². The van der Waals surface area contributed by atoms with Crippen molar-refractivity contribution in [3.8, 4) is 5.75 Å². The molecule has 4 N–H and O–H groups in total. The van der Waals surface area contributed by atoms with Gasteiger partial charge in [-0.3, -0.25) is 9.59 Å². The molecule has 1 atom stereocenters. The summed E-state index contributed by atoms with van der Waals surface area (Å²) in [6, 6.07) is 1.72. The number of benzene rings is 1. The second-order valence-electron chi connectivity index (χ2n) is 3.61. The Labute approximate surface area is 109 Å². The second kappa shape index (κ2) is 5.59. The Balaban J connectivity index is 3.05. The molecular formula is C11H13ClN2O4. The van der Waals surface area contributed by atoms with Crippen LogP contribution in [-0.4, -0.2) is 30.1 Å². The summed E-state index contributed by atoms with van der Waals surface area (Å²) < 4.78 is 5.00. The zero-order valence-electron chi connectivity index (χ0n) is 9.86. The number of hydrogen-bond donors (Lipinski definition) is 3. The molecule has 1 aromatic rings. The standard InChI is InChI=1S/C11H13ClN2O4/c1-5(11(16)17)14-10(15)6-3-7(12)8(13)4-9(6)18-2/h3-5H,13H2,1-2H3,(H,14,15)(H,16,17)/t5-/m0/s1. The van der Waals surface area contributed by atoms with Gasteiger partial charge in [0.1, 0.15) is 11.8 Å². The van der Waals surface area contributed by atoms with Crippen LogP contribution in [0.5, 0.6) is 5.75 Å². The largest absolute Gasteiger partial charge is 0.496 e. The Hall–Kier alpha value is -1.95. The monoisotopic (exact) mass is 272 g/mol. The van der Waals surface area contributed by atoms with E-state index in [9.17, 15) is 9.59 Å². The van der Waals surface area contributed by atoms with Crippen LogP contribution in [0.15, 0.2) is 12.1 Å². The van der Waals surface area contributed by atoms with Crippen LogP contribution >= 0.6 is 11.6 Å². The van der Waals surface area contributed by atoms with E-state index in [4.69, 9.17) is 27.2 Å². The summed E-state index contributed by atoms with van der Waals surface area (Å²) in [7, 11) is 1.38. The van der Waals surface area contributed by atoms with Crippen molar-refractivity contribution in [3.63, 3.8) is 0 Å². The number of nitrogens with one attached hydrogen (secondary N) is 1. The fourth-order valence-corrected chi connectivity index (χ4v) is 1.42. The van der Waals surface area contributed by atoms with E-state index in [0.29, 0.717) is 0 Å². The zero-order chi connectivity index (χ0) is 13.9. The van der Waals surface area contributed by atoms with E-state index in [0.717, 1.165) is 0 Å². The predicted molar refractivity (Wildman–Crippen MR) is 67.0 cm³/mol. The molecule has 0 aliphatic rings. The first-order valence-electron chi connectivity index (χ1n) is 5.03. The van der Waals surface area contributed by atoms with Crippen molar-refractivity contribution in [2.45, 2.75) is 13.0 Å². The number of carbonyl (C=O) groups is 2. The molecule has 1 aromatic carbocycles. The maximum absolute atomic E-state index is 11.8. The fourth-order valence-electron chi connectivity index (χ4n) is 1.25. The number of halogens is 1. The van der Waals surface area contributed by atoms with Gasteiger partial charge in [0.05, 0.1) is 23.4 Å². The third kappa shape index (κ3) is 3.04. The molecule has 0 aliphatic heterocycles. The van der Waals surface area contributed by atoms with Crippen LogP contribution in [0.4, 0.5) is 5.69 Å². The molecule has 0 bridgehead atoms. The second-order valence-corrected chi connectivity index (χ2v) is 4.01. The van der Waals surface area contributed by atoms with Crippen LogP contribution in [0.2, 0.25) is 5.02 Å². The lowest BCUT2D eigenvalue weighted by Gasteiger charge is -2.13. The van der Waals surface area contributed by atoms with Crippen molar-refractivity contribution in [1.29, 1.82) is 0 Å². The fraction of sp³-hybridized carbons (Fsp3) is 0.273. The molecular weight excluding hydrogens is 260 g/mol. The lowest BCUT2D eigenvalue weighted by atomic mass is 10.1. The molecule has 0 radical (unpaired) electrons. The number of anilines is 1. The number of aliphatic carboxylic acids is 1. The van der Waals surface area contributed by atoms with Crippen molar-refractivity contribution in [3.05, 3.63) is 22.7 Å². The zero-order valence-corrected chi connectivity index (χ0v) is 10.6. The lowest BCUT2D eigenvalue weighted by Crippen LogP contribution is -2.38. The van der Waals surface area contributed by atoms with E-state index < -0.39 is 17.9 Å². The summed E-state index contributed by atoms with van der Waals surface area (Å²) in [5.74, 6) is -1.50. The Bertz CT molecular complexity index is 490. The van der Waals surface area contributed by atoms with Crippen molar-refractivity contribution < 1.29 is 19.4 Å². The number of rotatable bonds is 4. The number of ether oxygens (including phenoxy) is 1. The molecule has 18 heavy (non-hydrogen) atoms. The molecule has 0 spiro atoms. The van der Waals surface area contributed by atoms with Crippen LogP contribution in [0, 0.1) is 0 Å². The Morgan fingerprint density at radius 2 is 2.11 bits per heavy atom. The minimum absolute atomic E-state index is 0.129. The van der Waals surface area contributed by atoms with Crippen molar-refractivity contribution in [2.24, 2.45) is 0 Å². The van der Waals surface area contributed by atoms with E-state index in [2.05, 4.69) is 5.32 Å². The van der Waals surface area contributed by atoms with Gasteiger partial charge in [0.15, 0.2) is 0 Å². The number of nitrogen functional groups attached to an aromatic ring is 1.